The highest BCUT2D eigenvalue weighted by Crippen LogP contribution is 2.25. The van der Waals surface area contributed by atoms with Crippen LogP contribution in [0.3, 0.4) is 0 Å². The van der Waals surface area contributed by atoms with Crippen LogP contribution in [-0.2, 0) is 9.53 Å². The van der Waals surface area contributed by atoms with Gasteiger partial charge in [0, 0.05) is 51.5 Å². The number of nitrogens with zero attached hydrogens (tertiary/aromatic N) is 4. The largest absolute Gasteiger partial charge is 0.379 e. The van der Waals surface area contributed by atoms with Gasteiger partial charge < -0.3 is 15.0 Å². The second kappa shape index (κ2) is 10.7. The van der Waals surface area contributed by atoms with Crippen molar-refractivity contribution in [2.45, 2.75) is 19.0 Å². The molecule has 0 saturated carbocycles. The Morgan fingerprint density at radius 2 is 1.71 bits per heavy atom. The Kier molecular flexibility index (Phi) is 7.51. The molecular formula is C24H33N5O2. The molecule has 4 rings (SSSR count). The van der Waals surface area contributed by atoms with Gasteiger partial charge in [0.15, 0.2) is 0 Å². The molecule has 2 saturated heterocycles. The molecule has 2 atom stereocenters. The van der Waals surface area contributed by atoms with E-state index in [1.807, 2.05) is 30.5 Å². The van der Waals surface area contributed by atoms with E-state index >= 15 is 0 Å². The molecule has 1 aromatic carbocycles. The van der Waals surface area contributed by atoms with Crippen LogP contribution in [0.1, 0.15) is 18.5 Å². The van der Waals surface area contributed by atoms with Crippen LogP contribution in [0, 0.1) is 0 Å². The van der Waals surface area contributed by atoms with E-state index in [1.165, 1.54) is 5.56 Å². The van der Waals surface area contributed by atoms with Gasteiger partial charge in [-0.3, -0.25) is 14.6 Å². The van der Waals surface area contributed by atoms with Gasteiger partial charge in [0.05, 0.1) is 25.8 Å². The summed E-state index contributed by atoms with van der Waals surface area (Å²) in [6.45, 7) is 9.31. The van der Waals surface area contributed by atoms with E-state index in [0.717, 1.165) is 58.3 Å². The van der Waals surface area contributed by atoms with Gasteiger partial charge in [-0.25, -0.2) is 4.98 Å². The molecule has 31 heavy (non-hydrogen) atoms. The molecule has 0 radical (unpaired) electrons. The van der Waals surface area contributed by atoms with Crippen molar-refractivity contribution in [3.8, 4) is 0 Å². The number of pyridine rings is 1. The monoisotopic (exact) mass is 423 g/mol. The first-order valence-electron chi connectivity index (χ1n) is 11.2. The molecule has 1 aromatic heterocycles. The zero-order chi connectivity index (χ0) is 21.5. The number of ether oxygens (including phenoxy) is 1. The van der Waals surface area contributed by atoms with Crippen molar-refractivity contribution in [1.29, 1.82) is 0 Å². The molecular weight excluding hydrogens is 390 g/mol. The molecule has 2 aromatic rings. The topological polar surface area (TPSA) is 60.9 Å². The minimum Gasteiger partial charge on any atom is -0.379 e. The van der Waals surface area contributed by atoms with Crippen LogP contribution < -0.4 is 10.2 Å². The number of rotatable bonds is 7. The van der Waals surface area contributed by atoms with Crippen molar-refractivity contribution in [1.82, 2.24) is 20.1 Å². The lowest BCUT2D eigenvalue weighted by molar-refractivity contribution is -0.123. The molecule has 0 spiro atoms. The fraction of sp³-hybridized carbons (Fsp3) is 0.500. The lowest BCUT2D eigenvalue weighted by atomic mass is 9.98. The summed E-state index contributed by atoms with van der Waals surface area (Å²) in [6, 6.07) is 16.6. The molecule has 2 fully saturated rings. The SMILES string of the molecule is C[C@@H](NC(=O)CN1CCN(c2ccccn2)CC1)[C@H](c1ccccc1)N1CCOCC1. The molecule has 3 heterocycles. The van der Waals surface area contributed by atoms with Crippen LogP contribution in [0.15, 0.2) is 54.7 Å². The number of carbonyl (C=O) groups excluding carboxylic acids is 1. The summed E-state index contributed by atoms with van der Waals surface area (Å²) in [7, 11) is 0. The first-order valence-corrected chi connectivity index (χ1v) is 11.2. The summed E-state index contributed by atoms with van der Waals surface area (Å²) in [5.41, 5.74) is 1.24. The third kappa shape index (κ3) is 5.81. The third-order valence-corrected chi connectivity index (χ3v) is 6.16. The molecule has 7 heteroatoms. The highest BCUT2D eigenvalue weighted by Gasteiger charge is 2.29. The Labute approximate surface area is 185 Å². The smallest absolute Gasteiger partial charge is 0.234 e. The van der Waals surface area contributed by atoms with Crippen molar-refractivity contribution < 1.29 is 9.53 Å². The Hall–Kier alpha value is -2.48. The van der Waals surface area contributed by atoms with Gasteiger partial charge in [-0.1, -0.05) is 36.4 Å². The number of hydrogen-bond donors (Lipinski definition) is 1. The number of benzene rings is 1. The summed E-state index contributed by atoms with van der Waals surface area (Å²) in [5, 5.41) is 3.28. The number of piperazine rings is 1. The predicted octanol–water partition coefficient (Wildman–Crippen LogP) is 1.78. The van der Waals surface area contributed by atoms with Crippen molar-refractivity contribution in [2.24, 2.45) is 0 Å². The Bertz CT molecular complexity index is 805. The van der Waals surface area contributed by atoms with Crippen LogP contribution >= 0.6 is 0 Å². The summed E-state index contributed by atoms with van der Waals surface area (Å²) in [5.74, 6) is 1.10. The zero-order valence-electron chi connectivity index (χ0n) is 18.3. The van der Waals surface area contributed by atoms with E-state index in [-0.39, 0.29) is 18.0 Å². The summed E-state index contributed by atoms with van der Waals surface area (Å²) < 4.78 is 5.54. The van der Waals surface area contributed by atoms with E-state index in [4.69, 9.17) is 4.74 Å². The molecule has 0 aliphatic carbocycles. The van der Waals surface area contributed by atoms with Crippen LogP contribution in [0.4, 0.5) is 5.82 Å². The van der Waals surface area contributed by atoms with Gasteiger partial charge in [-0.2, -0.15) is 0 Å². The van der Waals surface area contributed by atoms with Crippen LogP contribution in [0.25, 0.3) is 0 Å². The molecule has 1 N–H and O–H groups in total. The number of amides is 1. The maximum absolute atomic E-state index is 12.9. The second-order valence-electron chi connectivity index (χ2n) is 8.31. The third-order valence-electron chi connectivity index (χ3n) is 6.16. The number of carbonyl (C=O) groups is 1. The van der Waals surface area contributed by atoms with Crippen LogP contribution in [-0.4, -0.2) is 85.8 Å². The van der Waals surface area contributed by atoms with Crippen LogP contribution in [0.2, 0.25) is 0 Å². The van der Waals surface area contributed by atoms with Gasteiger partial charge in [0.25, 0.3) is 0 Å². The Morgan fingerprint density at radius 3 is 2.39 bits per heavy atom. The fourth-order valence-electron chi connectivity index (χ4n) is 4.58. The van der Waals surface area contributed by atoms with E-state index < -0.39 is 0 Å². The first-order chi connectivity index (χ1) is 15.2. The summed E-state index contributed by atoms with van der Waals surface area (Å²) in [4.78, 5) is 24.2. The lowest BCUT2D eigenvalue weighted by Gasteiger charge is -2.39. The fourth-order valence-corrected chi connectivity index (χ4v) is 4.58. The Morgan fingerprint density at radius 1 is 1.00 bits per heavy atom. The van der Waals surface area contributed by atoms with Crippen molar-refractivity contribution >= 4 is 11.7 Å². The number of morpholine rings is 1. The molecule has 7 nitrogen and oxygen atoms in total. The molecule has 2 aliphatic heterocycles. The lowest BCUT2D eigenvalue weighted by Crippen LogP contribution is -2.52. The standard InChI is InChI=1S/C24H33N5O2/c1-20(24(21-7-3-2-4-8-21)29-15-17-31-18-16-29)26-23(30)19-27-11-13-28(14-12-27)22-9-5-6-10-25-22/h2-10,20,24H,11-19H2,1H3,(H,26,30)/t20-,24-/m1/s1. The number of hydrogen-bond acceptors (Lipinski definition) is 6. The molecule has 166 valence electrons. The molecule has 0 bridgehead atoms. The summed E-state index contributed by atoms with van der Waals surface area (Å²) >= 11 is 0. The predicted molar refractivity (Wildman–Crippen MR) is 122 cm³/mol. The van der Waals surface area contributed by atoms with Gasteiger partial charge in [-0.15, -0.1) is 0 Å². The van der Waals surface area contributed by atoms with E-state index in [0.29, 0.717) is 6.54 Å². The number of anilines is 1. The normalized spacial score (nSPS) is 20.2. The van der Waals surface area contributed by atoms with Gasteiger partial charge in [0.1, 0.15) is 5.82 Å². The minimum absolute atomic E-state index is 0.0165. The van der Waals surface area contributed by atoms with Gasteiger partial charge >= 0.3 is 0 Å². The Balaban J connectivity index is 1.31. The maximum Gasteiger partial charge on any atom is 0.234 e. The van der Waals surface area contributed by atoms with E-state index in [2.05, 4.69) is 56.2 Å². The van der Waals surface area contributed by atoms with E-state index in [9.17, 15) is 4.79 Å². The van der Waals surface area contributed by atoms with Gasteiger partial charge in [-0.05, 0) is 24.6 Å². The second-order valence-corrected chi connectivity index (χ2v) is 8.31. The first kappa shape index (κ1) is 21.7. The van der Waals surface area contributed by atoms with Gasteiger partial charge in [0.2, 0.25) is 5.91 Å². The van der Waals surface area contributed by atoms with Crippen molar-refractivity contribution in [3.05, 3.63) is 60.3 Å². The highest BCUT2D eigenvalue weighted by molar-refractivity contribution is 5.78. The van der Waals surface area contributed by atoms with Crippen molar-refractivity contribution in [2.75, 3.05) is 63.9 Å². The maximum atomic E-state index is 12.9. The highest BCUT2D eigenvalue weighted by atomic mass is 16.5. The number of nitrogens with one attached hydrogen (secondary N) is 1. The quantitative estimate of drug-likeness (QED) is 0.733. The molecule has 2 aliphatic rings. The van der Waals surface area contributed by atoms with Crippen molar-refractivity contribution in [3.63, 3.8) is 0 Å². The average Bonchev–Trinajstić information content (AvgIpc) is 2.82. The summed E-state index contributed by atoms with van der Waals surface area (Å²) in [6.07, 6.45) is 1.83. The van der Waals surface area contributed by atoms with Crippen LogP contribution in [0.5, 0.6) is 0 Å². The number of aromatic nitrogens is 1. The molecule has 1 amide bonds. The molecule has 0 unspecified atom stereocenters. The average molecular weight is 424 g/mol. The zero-order valence-corrected chi connectivity index (χ0v) is 18.3. The van der Waals surface area contributed by atoms with E-state index in [1.54, 1.807) is 0 Å². The minimum atomic E-state index is 0.0165.